The van der Waals surface area contributed by atoms with Crippen LogP contribution in [0.4, 0.5) is 0 Å². The van der Waals surface area contributed by atoms with E-state index in [4.69, 9.17) is 0 Å². The fourth-order valence-corrected chi connectivity index (χ4v) is 2.91. The number of halogens is 1. The molecule has 4 nitrogen and oxygen atoms in total. The molecule has 1 N–H and O–H groups in total. The molecule has 1 unspecified atom stereocenters. The van der Waals surface area contributed by atoms with Gasteiger partial charge in [-0.25, -0.2) is 0 Å². The topological polar surface area (TPSA) is 30.9 Å². The van der Waals surface area contributed by atoms with Crippen molar-refractivity contribution in [2.75, 3.05) is 46.8 Å². The van der Waals surface area contributed by atoms with E-state index in [2.05, 4.69) is 40.7 Å². The largest absolute Gasteiger partial charge is 0.356 e. The Morgan fingerprint density at radius 2 is 2.18 bits per heavy atom. The normalized spacial score (nSPS) is 18.9. The lowest BCUT2D eigenvalue weighted by atomic mass is 10.1. The molecule has 0 aromatic rings. The number of aliphatic imine (C=N–C) groups is 1. The summed E-state index contributed by atoms with van der Waals surface area (Å²) in [4.78, 5) is 9.18. The summed E-state index contributed by atoms with van der Waals surface area (Å²) in [5, 5.41) is 3.54. The zero-order valence-electron chi connectivity index (χ0n) is 14.7. The molecule has 0 aromatic carbocycles. The van der Waals surface area contributed by atoms with Crippen LogP contribution in [-0.2, 0) is 0 Å². The number of allylic oxidation sites excluding steroid dienone is 1. The van der Waals surface area contributed by atoms with Crippen LogP contribution in [0.1, 0.15) is 39.0 Å². The summed E-state index contributed by atoms with van der Waals surface area (Å²) in [6, 6.07) is 0. The highest BCUT2D eigenvalue weighted by Gasteiger charge is 2.21. The molecule has 0 aromatic heterocycles. The van der Waals surface area contributed by atoms with E-state index in [-0.39, 0.29) is 24.0 Å². The van der Waals surface area contributed by atoms with Crippen LogP contribution in [0, 0.1) is 5.92 Å². The van der Waals surface area contributed by atoms with E-state index in [1.165, 1.54) is 45.3 Å². The quantitative estimate of drug-likeness (QED) is 0.204. The standard InChI is InChI=1S/C17H34N4.HI/c1-5-7-8-9-10-12-20(4)17(18-3)19-14-16-11-13-21(6-2)15-16;/h5,16H,1,6-15H2,2-4H3,(H,18,19);1H. The molecule has 1 heterocycles. The van der Waals surface area contributed by atoms with Crippen LogP contribution in [0.25, 0.3) is 0 Å². The smallest absolute Gasteiger partial charge is 0.193 e. The molecule has 0 spiro atoms. The predicted molar refractivity (Wildman–Crippen MR) is 108 cm³/mol. The van der Waals surface area contributed by atoms with Gasteiger partial charge in [-0.3, -0.25) is 4.99 Å². The lowest BCUT2D eigenvalue weighted by Gasteiger charge is -2.23. The Bertz CT molecular complexity index is 320. The first-order chi connectivity index (χ1) is 10.2. The summed E-state index contributed by atoms with van der Waals surface area (Å²) in [6.45, 7) is 11.8. The van der Waals surface area contributed by atoms with Gasteiger partial charge in [0.05, 0.1) is 0 Å². The molecule has 1 rings (SSSR count). The lowest BCUT2D eigenvalue weighted by molar-refractivity contribution is 0.340. The van der Waals surface area contributed by atoms with Crippen molar-refractivity contribution in [3.8, 4) is 0 Å². The summed E-state index contributed by atoms with van der Waals surface area (Å²) >= 11 is 0. The molecule has 0 aliphatic carbocycles. The minimum atomic E-state index is 0. The van der Waals surface area contributed by atoms with Crippen molar-refractivity contribution in [3.05, 3.63) is 12.7 Å². The molecule has 5 heteroatoms. The van der Waals surface area contributed by atoms with Crippen LogP contribution in [0.3, 0.4) is 0 Å². The monoisotopic (exact) mass is 422 g/mol. The summed E-state index contributed by atoms with van der Waals surface area (Å²) < 4.78 is 0. The number of unbranched alkanes of at least 4 members (excludes halogenated alkanes) is 3. The van der Waals surface area contributed by atoms with Gasteiger partial charge in [0, 0.05) is 33.7 Å². The number of likely N-dealkylation sites (tertiary alicyclic amines) is 1. The molecule has 0 radical (unpaired) electrons. The van der Waals surface area contributed by atoms with E-state index in [1.54, 1.807) is 0 Å². The van der Waals surface area contributed by atoms with Crippen LogP contribution >= 0.6 is 24.0 Å². The zero-order chi connectivity index (χ0) is 15.5. The van der Waals surface area contributed by atoms with Gasteiger partial charge in [-0.1, -0.05) is 19.4 Å². The average molecular weight is 422 g/mol. The fourth-order valence-electron chi connectivity index (χ4n) is 2.91. The van der Waals surface area contributed by atoms with Crippen molar-refractivity contribution in [1.82, 2.24) is 15.1 Å². The van der Waals surface area contributed by atoms with Crippen molar-refractivity contribution < 1.29 is 0 Å². The number of nitrogens with zero attached hydrogens (tertiary/aromatic N) is 3. The van der Waals surface area contributed by atoms with Gasteiger partial charge in [0.2, 0.25) is 0 Å². The number of rotatable bonds is 9. The van der Waals surface area contributed by atoms with Crippen molar-refractivity contribution in [1.29, 1.82) is 0 Å². The van der Waals surface area contributed by atoms with Crippen molar-refractivity contribution in [2.24, 2.45) is 10.9 Å². The molecule has 130 valence electrons. The van der Waals surface area contributed by atoms with Gasteiger partial charge in [-0.05, 0) is 44.7 Å². The maximum Gasteiger partial charge on any atom is 0.193 e. The molecule has 1 aliphatic heterocycles. The van der Waals surface area contributed by atoms with E-state index < -0.39 is 0 Å². The molecule has 0 saturated carbocycles. The molecule has 1 atom stereocenters. The number of guanidine groups is 1. The zero-order valence-corrected chi connectivity index (χ0v) is 17.0. The highest BCUT2D eigenvalue weighted by atomic mass is 127. The molecular weight excluding hydrogens is 387 g/mol. The van der Waals surface area contributed by atoms with Gasteiger partial charge in [0.15, 0.2) is 5.96 Å². The van der Waals surface area contributed by atoms with Crippen molar-refractivity contribution >= 4 is 29.9 Å². The van der Waals surface area contributed by atoms with E-state index in [1.807, 2.05) is 13.1 Å². The molecule has 22 heavy (non-hydrogen) atoms. The van der Waals surface area contributed by atoms with Crippen molar-refractivity contribution in [2.45, 2.75) is 39.0 Å². The van der Waals surface area contributed by atoms with Gasteiger partial charge in [0.1, 0.15) is 0 Å². The van der Waals surface area contributed by atoms with Gasteiger partial charge in [-0.15, -0.1) is 30.6 Å². The van der Waals surface area contributed by atoms with E-state index in [9.17, 15) is 0 Å². The van der Waals surface area contributed by atoms with Crippen LogP contribution in [0.5, 0.6) is 0 Å². The Balaban J connectivity index is 0.00000441. The second-order valence-electron chi connectivity index (χ2n) is 6.04. The summed E-state index contributed by atoms with van der Waals surface area (Å²) in [5.41, 5.74) is 0. The maximum atomic E-state index is 4.40. The first-order valence-corrected chi connectivity index (χ1v) is 8.46. The average Bonchev–Trinajstić information content (AvgIpc) is 2.95. The first kappa shape index (κ1) is 21.7. The third-order valence-corrected chi connectivity index (χ3v) is 4.34. The summed E-state index contributed by atoms with van der Waals surface area (Å²) in [6.07, 6.45) is 8.18. The van der Waals surface area contributed by atoms with Gasteiger partial charge < -0.3 is 15.1 Å². The Hall–Kier alpha value is -0.300. The molecular formula is C17H35IN4. The highest BCUT2D eigenvalue weighted by molar-refractivity contribution is 14.0. The first-order valence-electron chi connectivity index (χ1n) is 8.46. The summed E-state index contributed by atoms with van der Waals surface area (Å²) in [5.74, 6) is 1.80. The van der Waals surface area contributed by atoms with Crippen LogP contribution < -0.4 is 5.32 Å². The van der Waals surface area contributed by atoms with E-state index in [0.717, 1.165) is 31.4 Å². The molecule has 0 bridgehead atoms. The SMILES string of the molecule is C=CCCCCCN(C)C(=NC)NCC1CCN(CC)C1.I. The number of nitrogens with one attached hydrogen (secondary N) is 1. The molecule has 1 saturated heterocycles. The molecule has 0 amide bonds. The Kier molecular flexibility index (Phi) is 13.0. The second-order valence-corrected chi connectivity index (χ2v) is 6.04. The third-order valence-electron chi connectivity index (χ3n) is 4.34. The van der Waals surface area contributed by atoms with Crippen molar-refractivity contribution in [3.63, 3.8) is 0 Å². The Morgan fingerprint density at radius 3 is 2.77 bits per heavy atom. The van der Waals surface area contributed by atoms with Gasteiger partial charge >= 0.3 is 0 Å². The molecule has 1 aliphatic rings. The lowest BCUT2D eigenvalue weighted by Crippen LogP contribution is -2.41. The number of hydrogen-bond acceptors (Lipinski definition) is 2. The van der Waals surface area contributed by atoms with Crippen LogP contribution in [0.2, 0.25) is 0 Å². The fraction of sp³-hybridized carbons (Fsp3) is 0.824. The number of hydrogen-bond donors (Lipinski definition) is 1. The van der Waals surface area contributed by atoms with Crippen LogP contribution in [0.15, 0.2) is 17.6 Å². The Labute approximate surface area is 154 Å². The van der Waals surface area contributed by atoms with Crippen LogP contribution in [-0.4, -0.2) is 62.6 Å². The van der Waals surface area contributed by atoms with Gasteiger partial charge in [0.25, 0.3) is 0 Å². The highest BCUT2D eigenvalue weighted by Crippen LogP contribution is 2.14. The van der Waals surface area contributed by atoms with E-state index >= 15 is 0 Å². The Morgan fingerprint density at radius 1 is 1.41 bits per heavy atom. The second kappa shape index (κ2) is 13.2. The molecule has 1 fully saturated rings. The maximum absolute atomic E-state index is 4.40. The van der Waals surface area contributed by atoms with E-state index in [0.29, 0.717) is 0 Å². The predicted octanol–water partition coefficient (Wildman–Crippen LogP) is 3.20. The third kappa shape index (κ3) is 8.36. The minimum Gasteiger partial charge on any atom is -0.356 e. The van der Waals surface area contributed by atoms with Gasteiger partial charge in [-0.2, -0.15) is 0 Å². The minimum absolute atomic E-state index is 0. The summed E-state index contributed by atoms with van der Waals surface area (Å²) in [7, 11) is 4.01.